The molecular formula is C17H26N2O2. The summed E-state index contributed by atoms with van der Waals surface area (Å²) < 4.78 is 5.99. The van der Waals surface area contributed by atoms with Gasteiger partial charge in [-0.2, -0.15) is 0 Å². The fourth-order valence-corrected chi connectivity index (χ4v) is 2.60. The van der Waals surface area contributed by atoms with Crippen LogP contribution in [0.5, 0.6) is 5.75 Å². The zero-order valence-electron chi connectivity index (χ0n) is 13.5. The molecule has 0 aliphatic carbocycles. The Labute approximate surface area is 127 Å². The van der Waals surface area contributed by atoms with Crippen LogP contribution in [0.25, 0.3) is 0 Å². The van der Waals surface area contributed by atoms with Crippen LogP contribution in [0.2, 0.25) is 0 Å². The van der Waals surface area contributed by atoms with Crippen LogP contribution in [-0.4, -0.2) is 43.1 Å². The molecule has 1 fully saturated rings. The number of carbonyl (C=O) groups excluding carboxylic acids is 1. The van der Waals surface area contributed by atoms with Crippen molar-refractivity contribution in [3.05, 3.63) is 29.3 Å². The number of hydrogen-bond acceptors (Lipinski definition) is 3. The predicted molar refractivity (Wildman–Crippen MR) is 84.8 cm³/mol. The molecule has 0 spiro atoms. The van der Waals surface area contributed by atoms with Crippen LogP contribution >= 0.6 is 0 Å². The third-order valence-electron chi connectivity index (χ3n) is 3.87. The summed E-state index contributed by atoms with van der Waals surface area (Å²) in [7, 11) is 0. The third kappa shape index (κ3) is 3.97. The van der Waals surface area contributed by atoms with E-state index in [2.05, 4.69) is 31.3 Å². The summed E-state index contributed by atoms with van der Waals surface area (Å²) in [4.78, 5) is 14.3. The van der Waals surface area contributed by atoms with Crippen molar-refractivity contribution in [1.82, 2.24) is 10.2 Å². The molecule has 0 aromatic heterocycles. The summed E-state index contributed by atoms with van der Waals surface area (Å²) in [5.74, 6) is 1.29. The van der Waals surface area contributed by atoms with Crippen molar-refractivity contribution in [1.29, 1.82) is 0 Å². The lowest BCUT2D eigenvalue weighted by Crippen LogP contribution is -2.50. The molecule has 21 heavy (non-hydrogen) atoms. The fourth-order valence-electron chi connectivity index (χ4n) is 2.60. The van der Waals surface area contributed by atoms with Gasteiger partial charge in [0.25, 0.3) is 5.91 Å². The van der Waals surface area contributed by atoms with Crippen LogP contribution in [-0.2, 0) is 4.79 Å². The highest BCUT2D eigenvalue weighted by Gasteiger charge is 2.24. The molecule has 1 atom stereocenters. The van der Waals surface area contributed by atoms with Crippen LogP contribution in [0.15, 0.2) is 18.2 Å². The van der Waals surface area contributed by atoms with Crippen molar-refractivity contribution in [2.24, 2.45) is 0 Å². The molecule has 1 unspecified atom stereocenters. The highest BCUT2D eigenvalue weighted by molar-refractivity contribution is 5.81. The second kappa shape index (κ2) is 6.94. The second-order valence-corrected chi connectivity index (χ2v) is 6.03. The summed E-state index contributed by atoms with van der Waals surface area (Å²) in [6, 6.07) is 6.21. The van der Waals surface area contributed by atoms with Gasteiger partial charge in [-0.15, -0.1) is 0 Å². The average molecular weight is 290 g/mol. The Hall–Kier alpha value is -1.55. The number of ether oxygens (including phenoxy) is 1. The largest absolute Gasteiger partial charge is 0.481 e. The number of aryl methyl sites for hydroxylation is 1. The minimum atomic E-state index is -0.442. The second-order valence-electron chi connectivity index (χ2n) is 6.03. The van der Waals surface area contributed by atoms with Crippen molar-refractivity contribution in [2.45, 2.75) is 39.7 Å². The maximum atomic E-state index is 12.4. The average Bonchev–Trinajstić information content (AvgIpc) is 2.47. The quantitative estimate of drug-likeness (QED) is 0.925. The van der Waals surface area contributed by atoms with Gasteiger partial charge in [-0.3, -0.25) is 4.79 Å². The van der Waals surface area contributed by atoms with E-state index in [1.54, 1.807) is 0 Å². The molecule has 116 valence electrons. The van der Waals surface area contributed by atoms with Gasteiger partial charge in [-0.25, -0.2) is 0 Å². The number of piperazine rings is 1. The molecule has 1 amide bonds. The van der Waals surface area contributed by atoms with Gasteiger partial charge >= 0.3 is 0 Å². The van der Waals surface area contributed by atoms with Crippen molar-refractivity contribution in [2.75, 3.05) is 26.2 Å². The Morgan fingerprint density at radius 2 is 1.90 bits per heavy atom. The predicted octanol–water partition coefficient (Wildman–Crippen LogP) is 2.32. The van der Waals surface area contributed by atoms with Crippen molar-refractivity contribution >= 4 is 5.91 Å². The number of amides is 1. The van der Waals surface area contributed by atoms with E-state index in [9.17, 15) is 4.79 Å². The number of carbonyl (C=O) groups is 1. The summed E-state index contributed by atoms with van der Waals surface area (Å²) >= 11 is 0. The van der Waals surface area contributed by atoms with Crippen LogP contribution in [0.4, 0.5) is 0 Å². The van der Waals surface area contributed by atoms with Gasteiger partial charge in [0.2, 0.25) is 0 Å². The number of rotatable bonds is 4. The van der Waals surface area contributed by atoms with E-state index in [1.807, 2.05) is 24.8 Å². The maximum Gasteiger partial charge on any atom is 0.263 e. The first-order valence-corrected chi connectivity index (χ1v) is 7.75. The van der Waals surface area contributed by atoms with Gasteiger partial charge < -0.3 is 15.0 Å². The van der Waals surface area contributed by atoms with Crippen molar-refractivity contribution < 1.29 is 9.53 Å². The smallest absolute Gasteiger partial charge is 0.263 e. The van der Waals surface area contributed by atoms with Gasteiger partial charge in [-0.05, 0) is 37.0 Å². The molecule has 1 N–H and O–H groups in total. The standard InChI is InChI=1S/C17H26N2O2/c1-12(2)15-6-5-13(3)11-16(15)21-14(4)17(20)19-9-7-18-8-10-19/h5-6,11-12,14,18H,7-10H2,1-4H3. The van der Waals surface area contributed by atoms with E-state index in [1.165, 1.54) is 0 Å². The normalized spacial score (nSPS) is 16.9. The van der Waals surface area contributed by atoms with Gasteiger partial charge in [0.05, 0.1) is 0 Å². The van der Waals surface area contributed by atoms with E-state index in [0.717, 1.165) is 43.1 Å². The first-order valence-electron chi connectivity index (χ1n) is 7.75. The van der Waals surface area contributed by atoms with E-state index >= 15 is 0 Å². The number of hydrogen-bond donors (Lipinski definition) is 1. The van der Waals surface area contributed by atoms with Crippen LogP contribution in [0.3, 0.4) is 0 Å². The Bertz CT molecular complexity index is 494. The van der Waals surface area contributed by atoms with Gasteiger partial charge in [0, 0.05) is 26.2 Å². The third-order valence-corrected chi connectivity index (χ3v) is 3.87. The maximum absolute atomic E-state index is 12.4. The lowest BCUT2D eigenvalue weighted by atomic mass is 10.0. The molecule has 1 heterocycles. The number of nitrogens with one attached hydrogen (secondary N) is 1. The Balaban J connectivity index is 2.09. The first kappa shape index (κ1) is 15.8. The van der Waals surface area contributed by atoms with E-state index < -0.39 is 6.10 Å². The fraction of sp³-hybridized carbons (Fsp3) is 0.588. The van der Waals surface area contributed by atoms with Crippen molar-refractivity contribution in [3.63, 3.8) is 0 Å². The minimum Gasteiger partial charge on any atom is -0.481 e. The Kier molecular flexibility index (Phi) is 5.23. The summed E-state index contributed by atoms with van der Waals surface area (Å²) in [5, 5.41) is 3.26. The molecule has 4 nitrogen and oxygen atoms in total. The van der Waals surface area contributed by atoms with E-state index in [0.29, 0.717) is 5.92 Å². The van der Waals surface area contributed by atoms with Gasteiger partial charge in [0.15, 0.2) is 6.10 Å². The monoisotopic (exact) mass is 290 g/mol. The zero-order chi connectivity index (χ0) is 15.4. The van der Waals surface area contributed by atoms with E-state index in [4.69, 9.17) is 4.74 Å². The SMILES string of the molecule is Cc1ccc(C(C)C)c(OC(C)C(=O)N2CCNCC2)c1. The first-order chi connectivity index (χ1) is 9.99. The van der Waals surface area contributed by atoms with E-state index in [-0.39, 0.29) is 5.91 Å². The Morgan fingerprint density at radius 3 is 2.52 bits per heavy atom. The highest BCUT2D eigenvalue weighted by atomic mass is 16.5. The number of benzene rings is 1. The van der Waals surface area contributed by atoms with Gasteiger partial charge in [0.1, 0.15) is 5.75 Å². The minimum absolute atomic E-state index is 0.0766. The Morgan fingerprint density at radius 1 is 1.24 bits per heavy atom. The molecule has 0 bridgehead atoms. The molecule has 1 aliphatic heterocycles. The van der Waals surface area contributed by atoms with Crippen LogP contribution < -0.4 is 10.1 Å². The zero-order valence-corrected chi connectivity index (χ0v) is 13.5. The van der Waals surface area contributed by atoms with Crippen LogP contribution in [0.1, 0.15) is 37.8 Å². The molecular weight excluding hydrogens is 264 g/mol. The summed E-state index contributed by atoms with van der Waals surface area (Å²) in [6.45, 7) is 11.4. The molecule has 0 saturated carbocycles. The van der Waals surface area contributed by atoms with Crippen LogP contribution in [0, 0.1) is 6.92 Å². The molecule has 1 aromatic rings. The molecule has 1 aromatic carbocycles. The molecule has 4 heteroatoms. The lowest BCUT2D eigenvalue weighted by Gasteiger charge is -2.30. The topological polar surface area (TPSA) is 41.6 Å². The number of nitrogens with zero attached hydrogens (tertiary/aromatic N) is 1. The highest BCUT2D eigenvalue weighted by Crippen LogP contribution is 2.28. The van der Waals surface area contributed by atoms with Gasteiger partial charge in [-0.1, -0.05) is 26.0 Å². The molecule has 2 rings (SSSR count). The summed E-state index contributed by atoms with van der Waals surface area (Å²) in [5.41, 5.74) is 2.30. The molecule has 0 radical (unpaired) electrons. The summed E-state index contributed by atoms with van der Waals surface area (Å²) in [6.07, 6.45) is -0.442. The molecule has 1 aliphatic rings. The van der Waals surface area contributed by atoms with Crippen molar-refractivity contribution in [3.8, 4) is 5.75 Å². The lowest BCUT2D eigenvalue weighted by molar-refractivity contribution is -0.138. The molecule has 1 saturated heterocycles.